The molecule has 0 aromatic carbocycles. The van der Waals surface area contributed by atoms with Crippen LogP contribution in [0.1, 0.15) is 100 Å². The minimum atomic E-state index is -0.213. The van der Waals surface area contributed by atoms with Gasteiger partial charge in [0.25, 0.3) is 0 Å². The second-order valence-electron chi connectivity index (χ2n) is 7.06. The van der Waals surface area contributed by atoms with Crippen LogP contribution in [-0.2, 0) is 16.1 Å². The lowest BCUT2D eigenvalue weighted by atomic mass is 10.1. The zero-order chi connectivity index (χ0) is 20.3. The summed E-state index contributed by atoms with van der Waals surface area (Å²) < 4.78 is 10.3. The number of furan rings is 1. The molecule has 0 unspecified atom stereocenters. The molecule has 1 heterocycles. The number of hydrogen-bond donors (Lipinski definition) is 0. The molecule has 1 aromatic rings. The molecule has 0 amide bonds. The van der Waals surface area contributed by atoms with Gasteiger partial charge >= 0.3 is 5.97 Å². The molecule has 0 aliphatic rings. The standard InChI is InChI=1S/C24H36O4/c1-2-3-4-5-6-7-8-9-10-11-12-13-14-15-16-17-24(26)27-21-23-19-18-22(20-25)28-23/h6-7,9-10,18-20H,2-5,8,11-17,21H2,1H3/b7-6-,10-9-. The third kappa shape index (κ3) is 13.1. The van der Waals surface area contributed by atoms with Gasteiger partial charge in [0, 0.05) is 6.42 Å². The van der Waals surface area contributed by atoms with Gasteiger partial charge in [-0.05, 0) is 50.7 Å². The van der Waals surface area contributed by atoms with Gasteiger partial charge in [-0.1, -0.05) is 63.3 Å². The maximum Gasteiger partial charge on any atom is 0.306 e. The van der Waals surface area contributed by atoms with Crippen LogP contribution >= 0.6 is 0 Å². The molecule has 4 nitrogen and oxygen atoms in total. The van der Waals surface area contributed by atoms with Gasteiger partial charge in [-0.3, -0.25) is 9.59 Å². The summed E-state index contributed by atoms with van der Waals surface area (Å²) in [6.07, 6.45) is 22.9. The van der Waals surface area contributed by atoms with Gasteiger partial charge in [-0.2, -0.15) is 0 Å². The number of unbranched alkanes of at least 4 members (excludes halogenated alkanes) is 8. The molecular formula is C24H36O4. The second-order valence-corrected chi connectivity index (χ2v) is 7.06. The molecule has 0 saturated carbocycles. The highest BCUT2D eigenvalue weighted by atomic mass is 16.5. The van der Waals surface area contributed by atoms with Crippen LogP contribution in [-0.4, -0.2) is 12.3 Å². The quantitative estimate of drug-likeness (QED) is 0.125. The number of aldehydes is 1. The maximum absolute atomic E-state index is 11.7. The number of carbonyl (C=O) groups excluding carboxylic acids is 2. The molecule has 0 radical (unpaired) electrons. The number of allylic oxidation sites excluding steroid dienone is 4. The Hall–Kier alpha value is -2.10. The molecule has 4 heteroatoms. The van der Waals surface area contributed by atoms with Crippen molar-refractivity contribution in [3.8, 4) is 0 Å². The molecule has 0 spiro atoms. The van der Waals surface area contributed by atoms with Crippen LogP contribution < -0.4 is 0 Å². The van der Waals surface area contributed by atoms with E-state index >= 15 is 0 Å². The SMILES string of the molecule is CCCCC/C=C\C/C=C\CCCCCCCC(=O)OCc1ccc(C=O)o1. The molecule has 0 N–H and O–H groups in total. The van der Waals surface area contributed by atoms with Gasteiger partial charge in [0.05, 0.1) is 0 Å². The lowest BCUT2D eigenvalue weighted by Gasteiger charge is -2.03. The molecule has 0 aliphatic carbocycles. The van der Waals surface area contributed by atoms with E-state index in [4.69, 9.17) is 9.15 Å². The van der Waals surface area contributed by atoms with Crippen LogP contribution in [0.15, 0.2) is 40.9 Å². The van der Waals surface area contributed by atoms with Crippen LogP contribution in [0.2, 0.25) is 0 Å². The van der Waals surface area contributed by atoms with Crippen LogP contribution in [0.25, 0.3) is 0 Å². The first-order chi connectivity index (χ1) is 13.8. The Bertz CT molecular complexity index is 583. The Morgan fingerprint density at radius 3 is 2.29 bits per heavy atom. The van der Waals surface area contributed by atoms with Crippen molar-refractivity contribution in [2.75, 3.05) is 0 Å². The first-order valence-corrected chi connectivity index (χ1v) is 10.8. The predicted octanol–water partition coefficient (Wildman–Crippen LogP) is 6.95. The third-order valence-corrected chi connectivity index (χ3v) is 4.51. The molecule has 1 rings (SSSR count). The Kier molecular flexibility index (Phi) is 14.6. The van der Waals surface area contributed by atoms with Crippen LogP contribution in [0, 0.1) is 0 Å². The first-order valence-electron chi connectivity index (χ1n) is 10.8. The lowest BCUT2D eigenvalue weighted by Crippen LogP contribution is -2.03. The molecular weight excluding hydrogens is 352 g/mol. The molecule has 0 atom stereocenters. The summed E-state index contributed by atoms with van der Waals surface area (Å²) in [6, 6.07) is 3.21. The molecule has 0 aliphatic heterocycles. The number of ether oxygens (including phenoxy) is 1. The molecule has 0 saturated heterocycles. The fraction of sp³-hybridized carbons (Fsp3) is 0.583. The van der Waals surface area contributed by atoms with Crippen molar-refractivity contribution in [2.45, 2.75) is 90.6 Å². The van der Waals surface area contributed by atoms with Gasteiger partial charge in [0.2, 0.25) is 0 Å². The zero-order valence-corrected chi connectivity index (χ0v) is 17.4. The van der Waals surface area contributed by atoms with Crippen molar-refractivity contribution in [1.29, 1.82) is 0 Å². The summed E-state index contributed by atoms with van der Waals surface area (Å²) in [7, 11) is 0. The number of carbonyl (C=O) groups is 2. The highest BCUT2D eigenvalue weighted by Crippen LogP contribution is 2.11. The van der Waals surface area contributed by atoms with E-state index in [-0.39, 0.29) is 18.3 Å². The minimum absolute atomic E-state index is 0.0902. The summed E-state index contributed by atoms with van der Waals surface area (Å²) >= 11 is 0. The second kappa shape index (κ2) is 17.0. The van der Waals surface area contributed by atoms with Gasteiger partial charge < -0.3 is 9.15 Å². The van der Waals surface area contributed by atoms with Crippen molar-refractivity contribution in [3.63, 3.8) is 0 Å². The van der Waals surface area contributed by atoms with Crippen molar-refractivity contribution in [3.05, 3.63) is 48.0 Å². The van der Waals surface area contributed by atoms with Crippen LogP contribution in [0.3, 0.4) is 0 Å². The summed E-state index contributed by atoms with van der Waals surface area (Å²) in [6.45, 7) is 2.32. The molecule has 0 bridgehead atoms. The fourth-order valence-electron chi connectivity index (χ4n) is 2.84. The first kappa shape index (κ1) is 23.9. The largest absolute Gasteiger partial charge is 0.457 e. The van der Waals surface area contributed by atoms with Gasteiger partial charge in [-0.25, -0.2) is 0 Å². The molecule has 0 fully saturated rings. The molecule has 1 aromatic heterocycles. The van der Waals surface area contributed by atoms with Crippen molar-refractivity contribution in [1.82, 2.24) is 0 Å². The van der Waals surface area contributed by atoms with Gasteiger partial charge in [-0.15, -0.1) is 0 Å². The van der Waals surface area contributed by atoms with Crippen LogP contribution in [0.5, 0.6) is 0 Å². The van der Waals surface area contributed by atoms with Gasteiger partial charge in [0.1, 0.15) is 12.4 Å². The van der Waals surface area contributed by atoms with Crippen molar-refractivity contribution in [2.24, 2.45) is 0 Å². The summed E-state index contributed by atoms with van der Waals surface area (Å²) in [5.74, 6) is 0.532. The lowest BCUT2D eigenvalue weighted by molar-refractivity contribution is -0.145. The third-order valence-electron chi connectivity index (χ3n) is 4.51. The summed E-state index contributed by atoms with van der Waals surface area (Å²) in [5, 5.41) is 0. The van der Waals surface area contributed by atoms with E-state index in [1.165, 1.54) is 38.5 Å². The topological polar surface area (TPSA) is 56.5 Å². The van der Waals surface area contributed by atoms with Crippen molar-refractivity contribution < 1.29 is 18.7 Å². The average molecular weight is 389 g/mol. The maximum atomic E-state index is 11.7. The van der Waals surface area contributed by atoms with E-state index < -0.39 is 0 Å². The highest BCUT2D eigenvalue weighted by Gasteiger charge is 2.06. The van der Waals surface area contributed by atoms with Gasteiger partial charge in [0.15, 0.2) is 12.0 Å². The zero-order valence-electron chi connectivity index (χ0n) is 17.4. The highest BCUT2D eigenvalue weighted by molar-refractivity contribution is 5.70. The average Bonchev–Trinajstić information content (AvgIpc) is 3.17. The molecule has 156 valence electrons. The van der Waals surface area contributed by atoms with Crippen molar-refractivity contribution >= 4 is 12.3 Å². The predicted molar refractivity (Wildman–Crippen MR) is 113 cm³/mol. The Labute approximate surface area is 170 Å². The minimum Gasteiger partial charge on any atom is -0.457 e. The summed E-state index contributed by atoms with van der Waals surface area (Å²) in [4.78, 5) is 22.2. The Morgan fingerprint density at radius 2 is 1.61 bits per heavy atom. The number of rotatable bonds is 17. The normalized spacial score (nSPS) is 11.5. The molecule has 28 heavy (non-hydrogen) atoms. The smallest absolute Gasteiger partial charge is 0.306 e. The van der Waals surface area contributed by atoms with E-state index in [1.54, 1.807) is 12.1 Å². The number of hydrogen-bond acceptors (Lipinski definition) is 4. The Balaban J connectivity index is 1.88. The van der Waals surface area contributed by atoms with E-state index in [9.17, 15) is 9.59 Å². The van der Waals surface area contributed by atoms with E-state index in [0.717, 1.165) is 32.1 Å². The van der Waals surface area contributed by atoms with E-state index in [2.05, 4.69) is 31.2 Å². The van der Waals surface area contributed by atoms with Crippen LogP contribution in [0.4, 0.5) is 0 Å². The number of esters is 1. The van der Waals surface area contributed by atoms with E-state index in [1.807, 2.05) is 0 Å². The Morgan fingerprint density at radius 1 is 0.929 bits per heavy atom. The fourth-order valence-corrected chi connectivity index (χ4v) is 2.84. The van der Waals surface area contributed by atoms with E-state index in [0.29, 0.717) is 18.5 Å². The summed E-state index contributed by atoms with van der Waals surface area (Å²) in [5.41, 5.74) is 0. The monoisotopic (exact) mass is 388 g/mol.